The zero-order valence-electron chi connectivity index (χ0n) is 15.3. The fraction of sp³-hybridized carbons (Fsp3) is 0.421. The first-order valence-electron chi connectivity index (χ1n) is 8.59. The number of likely N-dealkylation sites (N-methyl/N-ethyl adjacent to an activating group) is 1. The van der Waals surface area contributed by atoms with Crippen LogP contribution < -0.4 is 5.32 Å². The van der Waals surface area contributed by atoms with E-state index in [-0.39, 0.29) is 11.7 Å². The third kappa shape index (κ3) is 3.90. The van der Waals surface area contributed by atoms with Crippen molar-refractivity contribution in [3.8, 4) is 0 Å². The highest BCUT2D eigenvalue weighted by Gasteiger charge is 2.44. The second kappa shape index (κ2) is 7.34. The monoisotopic (exact) mass is 377 g/mol. The van der Waals surface area contributed by atoms with E-state index in [0.717, 1.165) is 12.0 Å². The van der Waals surface area contributed by atoms with Crippen LogP contribution in [0.15, 0.2) is 29.0 Å². The van der Waals surface area contributed by atoms with Crippen molar-refractivity contribution in [3.63, 3.8) is 0 Å². The Bertz CT molecular complexity index is 800. The van der Waals surface area contributed by atoms with Crippen LogP contribution in [0.5, 0.6) is 0 Å². The lowest BCUT2D eigenvalue weighted by atomic mass is 9.93. The van der Waals surface area contributed by atoms with Crippen molar-refractivity contribution < 1.29 is 14.3 Å². The lowest BCUT2D eigenvalue weighted by Crippen LogP contribution is -2.67. The van der Waals surface area contributed by atoms with Crippen LogP contribution in [-0.4, -0.2) is 60.1 Å². The van der Waals surface area contributed by atoms with Crippen LogP contribution >= 0.6 is 11.3 Å². The predicted molar refractivity (Wildman–Crippen MR) is 103 cm³/mol. The zero-order chi connectivity index (χ0) is 18.9. The van der Waals surface area contributed by atoms with Gasteiger partial charge in [-0.05, 0) is 38.2 Å². The van der Waals surface area contributed by atoms with Crippen molar-refractivity contribution in [1.29, 1.82) is 0 Å². The molecule has 1 fully saturated rings. The number of carbonyl (C=O) groups is 1. The van der Waals surface area contributed by atoms with Crippen molar-refractivity contribution in [2.75, 3.05) is 39.0 Å². The maximum absolute atomic E-state index is 14.2. The van der Waals surface area contributed by atoms with E-state index in [1.54, 1.807) is 21.7 Å². The molecule has 1 aromatic carbocycles. The molecular weight excluding hydrogens is 353 g/mol. The van der Waals surface area contributed by atoms with Crippen LogP contribution in [0.25, 0.3) is 0 Å². The highest BCUT2D eigenvalue weighted by Crippen LogP contribution is 2.31. The Kier molecular flexibility index (Phi) is 5.32. The summed E-state index contributed by atoms with van der Waals surface area (Å²) in [5, 5.41) is 17.0. The first kappa shape index (κ1) is 18.8. The molecule has 1 saturated heterocycles. The molecule has 0 aliphatic carbocycles. The molecule has 0 bridgehead atoms. The molecule has 0 unspecified atom stereocenters. The summed E-state index contributed by atoms with van der Waals surface area (Å²) < 4.78 is 14.2. The van der Waals surface area contributed by atoms with E-state index in [9.17, 15) is 14.3 Å². The van der Waals surface area contributed by atoms with Gasteiger partial charge in [0.2, 0.25) is 0 Å². The van der Waals surface area contributed by atoms with Gasteiger partial charge in [-0.25, -0.2) is 4.39 Å². The number of nitrogens with zero attached hydrogens (tertiary/aromatic N) is 2. The minimum atomic E-state index is -0.856. The van der Waals surface area contributed by atoms with Gasteiger partial charge >= 0.3 is 0 Å². The maximum Gasteiger partial charge on any atom is 0.257 e. The van der Waals surface area contributed by atoms with Crippen LogP contribution in [0.3, 0.4) is 0 Å². The molecular formula is C19H24FN3O2S. The van der Waals surface area contributed by atoms with Crippen molar-refractivity contribution >= 4 is 28.6 Å². The van der Waals surface area contributed by atoms with Crippen molar-refractivity contribution in [2.45, 2.75) is 18.9 Å². The molecule has 0 atom stereocenters. The number of halogens is 1. The standard InChI is InChI=1S/C19H24FN3O2S/c1-4-13-5-6-16(15(20)7-13)21-17-9-26-8-14(17)18(24)23-11-19(25,12-23)10-22(2)3/h5-9,21,25H,4,10-12H2,1-3H3. The third-order valence-electron chi connectivity index (χ3n) is 4.47. The molecule has 2 N–H and O–H groups in total. The fourth-order valence-electron chi connectivity index (χ4n) is 3.25. The topological polar surface area (TPSA) is 55.8 Å². The second-order valence-corrected chi connectivity index (χ2v) is 7.86. The number of rotatable bonds is 6. The van der Waals surface area contributed by atoms with Crippen LogP contribution in [0, 0.1) is 5.82 Å². The summed E-state index contributed by atoms with van der Waals surface area (Å²) in [5.41, 5.74) is 1.51. The van der Waals surface area contributed by atoms with Gasteiger partial charge in [0.05, 0.1) is 30.0 Å². The van der Waals surface area contributed by atoms with Gasteiger partial charge in [0, 0.05) is 17.3 Å². The number of amides is 1. The molecule has 0 saturated carbocycles. The molecule has 1 amide bonds. The van der Waals surface area contributed by atoms with E-state index in [1.165, 1.54) is 17.4 Å². The third-order valence-corrected chi connectivity index (χ3v) is 5.22. The molecule has 26 heavy (non-hydrogen) atoms. The Morgan fingerprint density at radius 2 is 2.08 bits per heavy atom. The van der Waals surface area contributed by atoms with E-state index >= 15 is 0 Å². The molecule has 0 radical (unpaired) electrons. The van der Waals surface area contributed by atoms with Gasteiger partial charge in [0.15, 0.2) is 0 Å². The van der Waals surface area contributed by atoms with E-state index < -0.39 is 5.60 Å². The number of carbonyl (C=O) groups excluding carboxylic acids is 1. The summed E-state index contributed by atoms with van der Waals surface area (Å²) in [4.78, 5) is 16.3. The summed E-state index contributed by atoms with van der Waals surface area (Å²) in [6.45, 7) is 3.10. The highest BCUT2D eigenvalue weighted by molar-refractivity contribution is 7.08. The smallest absolute Gasteiger partial charge is 0.257 e. The number of anilines is 2. The number of likely N-dealkylation sites (tertiary alicyclic amines) is 1. The van der Waals surface area contributed by atoms with E-state index in [0.29, 0.717) is 36.6 Å². The molecule has 1 aliphatic heterocycles. The SMILES string of the molecule is CCc1ccc(Nc2cscc2C(=O)N2CC(O)(CN(C)C)C2)c(F)c1. The molecule has 2 heterocycles. The molecule has 0 spiro atoms. The quantitative estimate of drug-likeness (QED) is 0.813. The Balaban J connectivity index is 1.70. The minimum Gasteiger partial charge on any atom is -0.385 e. The number of aliphatic hydroxyl groups is 1. The first-order chi connectivity index (χ1) is 12.3. The summed E-state index contributed by atoms with van der Waals surface area (Å²) in [5.74, 6) is -0.485. The highest BCUT2D eigenvalue weighted by atomic mass is 32.1. The number of hydrogen-bond acceptors (Lipinski definition) is 5. The first-order valence-corrected chi connectivity index (χ1v) is 9.53. The van der Waals surface area contributed by atoms with E-state index in [2.05, 4.69) is 5.32 Å². The number of nitrogens with one attached hydrogen (secondary N) is 1. The molecule has 5 nitrogen and oxygen atoms in total. The summed E-state index contributed by atoms with van der Waals surface area (Å²) >= 11 is 1.39. The normalized spacial score (nSPS) is 15.8. The van der Waals surface area contributed by atoms with Crippen LogP contribution in [0.1, 0.15) is 22.8 Å². The van der Waals surface area contributed by atoms with E-state index in [1.807, 2.05) is 32.0 Å². The van der Waals surface area contributed by atoms with Gasteiger partial charge < -0.3 is 20.2 Å². The molecule has 1 aromatic heterocycles. The second-order valence-electron chi connectivity index (χ2n) is 7.12. The van der Waals surface area contributed by atoms with E-state index in [4.69, 9.17) is 0 Å². The Labute approximate surface area is 157 Å². The number of aryl methyl sites for hydroxylation is 1. The van der Waals surface area contributed by atoms with Crippen molar-refractivity contribution in [1.82, 2.24) is 9.80 Å². The maximum atomic E-state index is 14.2. The molecule has 1 aliphatic rings. The molecule has 7 heteroatoms. The Hall–Kier alpha value is -1.96. The zero-order valence-corrected chi connectivity index (χ0v) is 16.1. The summed E-state index contributed by atoms with van der Waals surface area (Å²) in [6.07, 6.45) is 0.768. The van der Waals surface area contributed by atoms with Crippen LogP contribution in [0.2, 0.25) is 0 Å². The van der Waals surface area contributed by atoms with Gasteiger partial charge in [-0.1, -0.05) is 13.0 Å². The fourth-order valence-corrected chi connectivity index (χ4v) is 4.01. The van der Waals surface area contributed by atoms with Crippen LogP contribution in [0.4, 0.5) is 15.8 Å². The number of benzene rings is 1. The molecule has 2 aromatic rings. The number of thiophene rings is 1. The van der Waals surface area contributed by atoms with Gasteiger partial charge in [-0.2, -0.15) is 0 Å². The average molecular weight is 377 g/mol. The Morgan fingerprint density at radius 3 is 2.69 bits per heavy atom. The largest absolute Gasteiger partial charge is 0.385 e. The van der Waals surface area contributed by atoms with Gasteiger partial charge in [0.1, 0.15) is 11.4 Å². The van der Waals surface area contributed by atoms with Gasteiger partial charge in [0.25, 0.3) is 5.91 Å². The lowest BCUT2D eigenvalue weighted by molar-refractivity contribution is -0.0919. The Morgan fingerprint density at radius 1 is 1.35 bits per heavy atom. The van der Waals surface area contributed by atoms with Gasteiger partial charge in [-0.3, -0.25) is 4.79 Å². The molecule has 3 rings (SSSR count). The van der Waals surface area contributed by atoms with Gasteiger partial charge in [-0.15, -0.1) is 11.3 Å². The minimum absolute atomic E-state index is 0.150. The van der Waals surface area contributed by atoms with Crippen molar-refractivity contribution in [2.24, 2.45) is 0 Å². The summed E-state index contributed by atoms with van der Waals surface area (Å²) in [7, 11) is 3.78. The number of β-amino-alcohol motifs (C(OH)–C–C–N with tert-alkyl or cyclic N) is 1. The van der Waals surface area contributed by atoms with Crippen LogP contribution in [-0.2, 0) is 6.42 Å². The predicted octanol–water partition coefficient (Wildman–Crippen LogP) is 2.94. The summed E-state index contributed by atoms with van der Waals surface area (Å²) in [6, 6.07) is 5.07. The van der Waals surface area contributed by atoms with Crippen molar-refractivity contribution in [3.05, 3.63) is 45.9 Å². The molecule has 140 valence electrons. The average Bonchev–Trinajstić information content (AvgIpc) is 3.01. The number of hydrogen-bond donors (Lipinski definition) is 2. The lowest BCUT2D eigenvalue weighted by Gasteiger charge is -2.47.